The minimum absolute atomic E-state index is 0.539. The van der Waals surface area contributed by atoms with Crippen LogP contribution in [0.1, 0.15) is 29.6 Å². The molecule has 86 valence electrons. The van der Waals surface area contributed by atoms with E-state index < -0.39 is 0 Å². The van der Waals surface area contributed by atoms with Gasteiger partial charge in [0, 0.05) is 23.5 Å². The highest BCUT2D eigenvalue weighted by molar-refractivity contribution is 8.00. The van der Waals surface area contributed by atoms with E-state index in [4.69, 9.17) is 11.6 Å². The van der Waals surface area contributed by atoms with E-state index in [1.165, 1.54) is 19.3 Å². The Labute approximate surface area is 105 Å². The molecule has 1 heterocycles. The van der Waals surface area contributed by atoms with Crippen LogP contribution in [0.15, 0.2) is 18.2 Å². The van der Waals surface area contributed by atoms with Crippen molar-refractivity contribution in [1.82, 2.24) is 0 Å². The highest BCUT2D eigenvalue weighted by Crippen LogP contribution is 2.29. The third kappa shape index (κ3) is 2.71. The lowest BCUT2D eigenvalue weighted by Gasteiger charge is -2.21. The SMILES string of the molecule is O=Cc1ccc(N2CCCCCS2)cc1Cl. The monoisotopic (exact) mass is 255 g/mol. The first kappa shape index (κ1) is 11.8. The van der Waals surface area contributed by atoms with E-state index in [-0.39, 0.29) is 0 Å². The maximum atomic E-state index is 10.7. The molecule has 16 heavy (non-hydrogen) atoms. The molecule has 0 unspecified atom stereocenters. The molecular weight excluding hydrogens is 242 g/mol. The molecule has 0 bridgehead atoms. The van der Waals surface area contributed by atoms with Gasteiger partial charge in [0.25, 0.3) is 0 Å². The van der Waals surface area contributed by atoms with E-state index in [1.807, 2.05) is 24.1 Å². The molecule has 1 aromatic rings. The zero-order valence-electron chi connectivity index (χ0n) is 8.99. The molecule has 1 aliphatic heterocycles. The zero-order valence-corrected chi connectivity index (χ0v) is 10.6. The number of halogens is 1. The van der Waals surface area contributed by atoms with Crippen LogP contribution >= 0.6 is 23.5 Å². The molecule has 2 nitrogen and oxygen atoms in total. The van der Waals surface area contributed by atoms with E-state index in [0.29, 0.717) is 10.6 Å². The summed E-state index contributed by atoms with van der Waals surface area (Å²) in [5, 5.41) is 0.539. The van der Waals surface area contributed by atoms with Crippen molar-refractivity contribution >= 4 is 35.5 Å². The van der Waals surface area contributed by atoms with Gasteiger partial charge in [0.1, 0.15) is 0 Å². The summed E-state index contributed by atoms with van der Waals surface area (Å²) < 4.78 is 2.27. The van der Waals surface area contributed by atoms with Crippen LogP contribution in [0.25, 0.3) is 0 Å². The van der Waals surface area contributed by atoms with Crippen LogP contribution in [0.4, 0.5) is 5.69 Å². The molecule has 0 amide bonds. The summed E-state index contributed by atoms with van der Waals surface area (Å²) in [5.41, 5.74) is 1.66. The fraction of sp³-hybridized carbons (Fsp3) is 0.417. The standard InChI is InChI=1S/C12H14ClNOS/c13-12-8-11(5-4-10(12)9-15)14-6-2-1-3-7-16-14/h4-5,8-9H,1-3,6-7H2. The van der Waals surface area contributed by atoms with Gasteiger partial charge in [-0.1, -0.05) is 18.0 Å². The molecule has 2 rings (SSSR count). The van der Waals surface area contributed by atoms with Gasteiger partial charge in [-0.15, -0.1) is 0 Å². The van der Waals surface area contributed by atoms with Crippen molar-refractivity contribution in [2.75, 3.05) is 16.6 Å². The Bertz CT molecular complexity index is 375. The second kappa shape index (κ2) is 5.60. The molecule has 4 heteroatoms. The molecule has 1 aromatic carbocycles. The fourth-order valence-electron chi connectivity index (χ4n) is 1.74. The summed E-state index contributed by atoms with van der Waals surface area (Å²) in [6.45, 7) is 1.06. The molecule has 1 fully saturated rings. The Morgan fingerprint density at radius 2 is 2.19 bits per heavy atom. The summed E-state index contributed by atoms with van der Waals surface area (Å²) in [4.78, 5) is 10.7. The van der Waals surface area contributed by atoms with Crippen molar-refractivity contribution < 1.29 is 4.79 Å². The number of carbonyl (C=O) groups is 1. The number of carbonyl (C=O) groups excluding carboxylic acids is 1. The second-order valence-electron chi connectivity index (χ2n) is 3.82. The van der Waals surface area contributed by atoms with Crippen LogP contribution in [-0.4, -0.2) is 18.6 Å². The predicted molar refractivity (Wildman–Crippen MR) is 70.5 cm³/mol. The summed E-state index contributed by atoms with van der Waals surface area (Å²) in [5.74, 6) is 1.16. The Hall–Kier alpha value is -0.670. The average Bonchev–Trinajstić information content (AvgIpc) is 2.57. The van der Waals surface area contributed by atoms with Gasteiger partial charge in [-0.3, -0.25) is 4.79 Å². The predicted octanol–water partition coefficient (Wildman–Crippen LogP) is 3.79. The number of hydrogen-bond acceptors (Lipinski definition) is 3. The van der Waals surface area contributed by atoms with Crippen molar-refractivity contribution in [2.24, 2.45) is 0 Å². The van der Waals surface area contributed by atoms with Gasteiger partial charge in [-0.05, 0) is 43.0 Å². The van der Waals surface area contributed by atoms with E-state index in [2.05, 4.69) is 4.31 Å². The maximum Gasteiger partial charge on any atom is 0.151 e. The molecule has 0 spiro atoms. The van der Waals surface area contributed by atoms with E-state index >= 15 is 0 Å². The molecular formula is C12H14ClNOS. The summed E-state index contributed by atoms with van der Waals surface area (Å²) >= 11 is 7.87. The fourth-order valence-corrected chi connectivity index (χ4v) is 3.04. The van der Waals surface area contributed by atoms with E-state index in [1.54, 1.807) is 6.07 Å². The molecule has 1 saturated heterocycles. The smallest absolute Gasteiger partial charge is 0.151 e. The number of rotatable bonds is 2. The van der Waals surface area contributed by atoms with Crippen molar-refractivity contribution in [2.45, 2.75) is 19.3 Å². The van der Waals surface area contributed by atoms with Gasteiger partial charge in [0.05, 0.1) is 5.02 Å². The number of hydrogen-bond donors (Lipinski definition) is 0. The molecule has 0 saturated carbocycles. The molecule has 0 aliphatic carbocycles. The Morgan fingerprint density at radius 1 is 1.31 bits per heavy atom. The van der Waals surface area contributed by atoms with Crippen LogP contribution < -0.4 is 4.31 Å². The zero-order chi connectivity index (χ0) is 11.4. The topological polar surface area (TPSA) is 20.3 Å². The third-order valence-corrected chi connectivity index (χ3v) is 4.16. The lowest BCUT2D eigenvalue weighted by Crippen LogP contribution is -2.14. The van der Waals surface area contributed by atoms with Crippen LogP contribution in [0.3, 0.4) is 0 Å². The average molecular weight is 256 g/mol. The Morgan fingerprint density at radius 3 is 2.94 bits per heavy atom. The first-order valence-corrected chi connectivity index (χ1v) is 6.78. The first-order valence-electron chi connectivity index (χ1n) is 5.46. The highest BCUT2D eigenvalue weighted by Gasteiger charge is 2.12. The van der Waals surface area contributed by atoms with Gasteiger partial charge < -0.3 is 4.31 Å². The van der Waals surface area contributed by atoms with Gasteiger partial charge in [0.15, 0.2) is 6.29 Å². The van der Waals surface area contributed by atoms with Crippen LogP contribution in [-0.2, 0) is 0 Å². The first-order chi connectivity index (χ1) is 7.81. The molecule has 0 aromatic heterocycles. The molecule has 1 aliphatic rings. The number of benzene rings is 1. The van der Waals surface area contributed by atoms with Crippen molar-refractivity contribution in [3.63, 3.8) is 0 Å². The number of nitrogens with zero attached hydrogens (tertiary/aromatic N) is 1. The van der Waals surface area contributed by atoms with Crippen LogP contribution in [0.2, 0.25) is 5.02 Å². The van der Waals surface area contributed by atoms with Gasteiger partial charge >= 0.3 is 0 Å². The van der Waals surface area contributed by atoms with Crippen LogP contribution in [0.5, 0.6) is 0 Å². The largest absolute Gasteiger partial charge is 0.316 e. The second-order valence-corrected chi connectivity index (χ2v) is 5.33. The minimum Gasteiger partial charge on any atom is -0.316 e. The van der Waals surface area contributed by atoms with Crippen LogP contribution in [0, 0.1) is 0 Å². The van der Waals surface area contributed by atoms with E-state index in [9.17, 15) is 4.79 Å². The summed E-state index contributed by atoms with van der Waals surface area (Å²) in [6.07, 6.45) is 4.59. The maximum absolute atomic E-state index is 10.7. The molecule has 0 N–H and O–H groups in total. The molecule has 0 atom stereocenters. The quantitative estimate of drug-likeness (QED) is 0.592. The van der Waals surface area contributed by atoms with Gasteiger partial charge in [0.2, 0.25) is 0 Å². The molecule has 0 radical (unpaired) electrons. The summed E-state index contributed by atoms with van der Waals surface area (Å²) in [6, 6.07) is 5.63. The third-order valence-electron chi connectivity index (χ3n) is 2.65. The van der Waals surface area contributed by atoms with Crippen molar-refractivity contribution in [1.29, 1.82) is 0 Å². The van der Waals surface area contributed by atoms with Gasteiger partial charge in [-0.2, -0.15) is 0 Å². The summed E-state index contributed by atoms with van der Waals surface area (Å²) in [7, 11) is 0. The minimum atomic E-state index is 0.539. The highest BCUT2D eigenvalue weighted by atomic mass is 35.5. The lowest BCUT2D eigenvalue weighted by atomic mass is 10.2. The van der Waals surface area contributed by atoms with E-state index in [0.717, 1.165) is 24.3 Å². The number of anilines is 1. The lowest BCUT2D eigenvalue weighted by molar-refractivity contribution is 0.112. The van der Waals surface area contributed by atoms with Gasteiger partial charge in [-0.25, -0.2) is 0 Å². The normalized spacial score (nSPS) is 16.9. The Balaban J connectivity index is 2.19. The number of aldehydes is 1. The Kier molecular flexibility index (Phi) is 4.13. The van der Waals surface area contributed by atoms with Crippen molar-refractivity contribution in [3.8, 4) is 0 Å². The van der Waals surface area contributed by atoms with Crippen molar-refractivity contribution in [3.05, 3.63) is 28.8 Å².